The monoisotopic (exact) mass is 408 g/mol. The van der Waals surface area contributed by atoms with E-state index in [2.05, 4.69) is 20.8 Å². The molecule has 0 radical (unpaired) electrons. The number of carboxylic acid groups (broad SMARTS) is 1. The van der Waals surface area contributed by atoms with Gasteiger partial charge in [0.05, 0.1) is 6.10 Å². The predicted octanol–water partition coefficient (Wildman–Crippen LogP) is 5.42. The van der Waals surface area contributed by atoms with E-state index in [1.54, 1.807) is 0 Å². The Balaban J connectivity index is 1.56. The van der Waals surface area contributed by atoms with E-state index in [1.807, 2.05) is 0 Å². The number of hydrogen-bond donors (Lipinski definition) is 3. The van der Waals surface area contributed by atoms with Crippen molar-refractivity contribution in [2.45, 2.75) is 96.3 Å². The fourth-order valence-corrected chi connectivity index (χ4v) is 9.10. The zero-order valence-electron chi connectivity index (χ0n) is 17.9. The summed E-state index contributed by atoms with van der Waals surface area (Å²) >= 11 is 4.80. The van der Waals surface area contributed by atoms with Gasteiger partial charge in [-0.3, -0.25) is 4.79 Å². The molecular formula is C24H40O3S. The van der Waals surface area contributed by atoms with E-state index in [4.69, 9.17) is 17.7 Å². The van der Waals surface area contributed by atoms with Crippen LogP contribution in [0.2, 0.25) is 0 Å². The number of fused-ring (bicyclic) bond motifs is 5. The van der Waals surface area contributed by atoms with Gasteiger partial charge in [-0.05, 0) is 104 Å². The first-order valence-electron chi connectivity index (χ1n) is 11.8. The van der Waals surface area contributed by atoms with E-state index < -0.39 is 5.97 Å². The lowest BCUT2D eigenvalue weighted by Gasteiger charge is -2.62. The largest absolute Gasteiger partial charge is 0.481 e. The predicted molar refractivity (Wildman–Crippen MR) is 115 cm³/mol. The molecule has 0 bridgehead atoms. The van der Waals surface area contributed by atoms with Crippen molar-refractivity contribution < 1.29 is 15.0 Å². The molecule has 10 atom stereocenters. The topological polar surface area (TPSA) is 57.5 Å². The lowest BCUT2D eigenvalue weighted by atomic mass is 9.44. The van der Waals surface area contributed by atoms with Gasteiger partial charge in [0.2, 0.25) is 0 Å². The smallest absolute Gasteiger partial charge is 0.303 e. The lowest BCUT2D eigenvalue weighted by molar-refractivity contribution is -0.167. The maximum atomic E-state index is 11.5. The van der Waals surface area contributed by atoms with Gasteiger partial charge in [-0.25, -0.2) is 0 Å². The van der Waals surface area contributed by atoms with Crippen molar-refractivity contribution in [1.29, 1.82) is 0 Å². The Morgan fingerprint density at radius 1 is 1.11 bits per heavy atom. The summed E-state index contributed by atoms with van der Waals surface area (Å²) in [5.41, 5.74) is 0.362. The van der Waals surface area contributed by atoms with Crippen LogP contribution in [-0.2, 0) is 4.79 Å². The van der Waals surface area contributed by atoms with Gasteiger partial charge in [0, 0.05) is 11.7 Å². The van der Waals surface area contributed by atoms with Gasteiger partial charge < -0.3 is 10.2 Å². The van der Waals surface area contributed by atoms with Gasteiger partial charge in [-0.2, -0.15) is 12.6 Å². The maximum absolute atomic E-state index is 11.5. The molecule has 4 heteroatoms. The van der Waals surface area contributed by atoms with Crippen molar-refractivity contribution in [3.8, 4) is 0 Å². The van der Waals surface area contributed by atoms with Gasteiger partial charge in [0.25, 0.3) is 0 Å². The van der Waals surface area contributed by atoms with Gasteiger partial charge in [-0.15, -0.1) is 0 Å². The highest BCUT2D eigenvalue weighted by molar-refractivity contribution is 7.80. The van der Waals surface area contributed by atoms with E-state index in [1.165, 1.54) is 44.9 Å². The quantitative estimate of drug-likeness (QED) is 0.545. The Morgan fingerprint density at radius 2 is 1.86 bits per heavy atom. The SMILES string of the molecule is C[C@H](CCC(=O)O)[C@H]1CC[C@H]2[C@@H]3CC[C@@H]4C[C@@H](S)CC[C@]4(C)[C@H]3C[C@@H](O)[C@]12C. The molecule has 0 spiro atoms. The molecule has 160 valence electrons. The average molecular weight is 409 g/mol. The molecule has 0 saturated heterocycles. The summed E-state index contributed by atoms with van der Waals surface area (Å²) in [6, 6.07) is 0. The number of aliphatic carboxylic acids is 1. The second-order valence-electron chi connectivity index (χ2n) is 11.3. The normalized spacial score (nSPS) is 51.7. The van der Waals surface area contributed by atoms with E-state index >= 15 is 0 Å². The van der Waals surface area contributed by atoms with Crippen molar-refractivity contribution in [1.82, 2.24) is 0 Å². The molecule has 0 unspecified atom stereocenters. The molecule has 28 heavy (non-hydrogen) atoms. The summed E-state index contributed by atoms with van der Waals surface area (Å²) in [7, 11) is 0. The third-order valence-electron chi connectivity index (χ3n) is 10.3. The lowest BCUT2D eigenvalue weighted by Crippen LogP contribution is -2.58. The minimum Gasteiger partial charge on any atom is -0.481 e. The number of thiol groups is 1. The Kier molecular flexibility index (Phi) is 5.62. The Bertz CT molecular complexity index is 609. The van der Waals surface area contributed by atoms with Crippen LogP contribution in [0.15, 0.2) is 0 Å². The van der Waals surface area contributed by atoms with Gasteiger partial charge >= 0.3 is 5.97 Å². The summed E-state index contributed by atoms with van der Waals surface area (Å²) in [4.78, 5) is 11.1. The molecule has 0 aliphatic heterocycles. The highest BCUT2D eigenvalue weighted by Crippen LogP contribution is 2.68. The van der Waals surface area contributed by atoms with Crippen molar-refractivity contribution in [3.63, 3.8) is 0 Å². The maximum Gasteiger partial charge on any atom is 0.303 e. The Morgan fingerprint density at radius 3 is 2.57 bits per heavy atom. The van der Waals surface area contributed by atoms with Crippen LogP contribution in [-0.4, -0.2) is 27.5 Å². The fraction of sp³-hybridized carbons (Fsp3) is 0.958. The second-order valence-corrected chi connectivity index (χ2v) is 12.0. The van der Waals surface area contributed by atoms with Crippen LogP contribution >= 0.6 is 12.6 Å². The standard InChI is InChI=1S/C24H40O3S/c1-14(4-9-22(26)27)18-7-8-19-17-6-5-15-12-16(28)10-11-23(15,2)20(17)13-21(25)24(18,19)3/h14-21,25,28H,4-13H2,1-3H3,(H,26,27)/t14-,15-,16+,17+,18-,19+,20+,21-,23+,24-/m1/s1. The number of aliphatic hydroxyl groups excluding tert-OH is 1. The van der Waals surface area contributed by atoms with E-state index in [0.29, 0.717) is 34.3 Å². The molecule has 0 aromatic carbocycles. The molecule has 4 rings (SSSR count). The summed E-state index contributed by atoms with van der Waals surface area (Å²) in [5, 5.41) is 21.2. The van der Waals surface area contributed by atoms with Crippen LogP contribution in [0.4, 0.5) is 0 Å². The fourth-order valence-electron chi connectivity index (χ4n) is 8.71. The van der Waals surface area contributed by atoms with Gasteiger partial charge in [0.1, 0.15) is 0 Å². The Hall–Kier alpha value is -0.220. The van der Waals surface area contributed by atoms with Gasteiger partial charge in [-0.1, -0.05) is 20.8 Å². The van der Waals surface area contributed by atoms with Crippen molar-refractivity contribution in [2.75, 3.05) is 0 Å². The van der Waals surface area contributed by atoms with E-state index in [9.17, 15) is 9.90 Å². The third-order valence-corrected chi connectivity index (χ3v) is 10.8. The third kappa shape index (κ3) is 3.16. The van der Waals surface area contributed by atoms with Crippen LogP contribution in [0, 0.1) is 46.3 Å². The number of hydrogen-bond acceptors (Lipinski definition) is 3. The summed E-state index contributed by atoms with van der Waals surface area (Å²) in [5.74, 6) is 2.96. The first kappa shape index (κ1) is 21.0. The molecule has 3 nitrogen and oxygen atoms in total. The number of carboxylic acids is 1. The number of rotatable bonds is 4. The summed E-state index contributed by atoms with van der Waals surface area (Å²) < 4.78 is 0. The zero-order chi connectivity index (χ0) is 20.3. The first-order valence-corrected chi connectivity index (χ1v) is 12.3. The average Bonchev–Trinajstić information content (AvgIpc) is 3.00. The van der Waals surface area contributed by atoms with Crippen molar-refractivity contribution in [3.05, 3.63) is 0 Å². The zero-order valence-corrected chi connectivity index (χ0v) is 18.8. The molecule has 4 fully saturated rings. The van der Waals surface area contributed by atoms with Crippen molar-refractivity contribution in [2.24, 2.45) is 46.3 Å². The van der Waals surface area contributed by atoms with Crippen LogP contribution in [0.5, 0.6) is 0 Å². The highest BCUT2D eigenvalue weighted by Gasteiger charge is 2.63. The molecule has 0 amide bonds. The minimum absolute atomic E-state index is 0.0248. The van der Waals surface area contributed by atoms with Crippen LogP contribution in [0.3, 0.4) is 0 Å². The molecule has 0 heterocycles. The molecule has 0 aromatic rings. The second kappa shape index (κ2) is 7.48. The summed E-state index contributed by atoms with van der Waals surface area (Å²) in [6.07, 6.45) is 10.6. The number of aliphatic hydroxyl groups is 1. The number of carbonyl (C=O) groups is 1. The van der Waals surface area contributed by atoms with Gasteiger partial charge in [0.15, 0.2) is 0 Å². The van der Waals surface area contributed by atoms with Crippen molar-refractivity contribution >= 4 is 18.6 Å². The van der Waals surface area contributed by atoms with Crippen LogP contribution in [0.25, 0.3) is 0 Å². The highest BCUT2D eigenvalue weighted by atomic mass is 32.1. The molecular weight excluding hydrogens is 368 g/mol. The molecule has 2 N–H and O–H groups in total. The minimum atomic E-state index is -0.693. The van der Waals surface area contributed by atoms with E-state index in [0.717, 1.165) is 24.7 Å². The first-order chi connectivity index (χ1) is 13.2. The Labute approximate surface area is 176 Å². The summed E-state index contributed by atoms with van der Waals surface area (Å²) in [6.45, 7) is 7.12. The van der Waals surface area contributed by atoms with Crippen LogP contribution in [0.1, 0.15) is 85.0 Å². The molecule has 0 aromatic heterocycles. The van der Waals surface area contributed by atoms with Crippen LogP contribution < -0.4 is 0 Å². The molecule has 4 aliphatic carbocycles. The van der Waals surface area contributed by atoms with E-state index in [-0.39, 0.29) is 17.9 Å². The molecule has 4 saturated carbocycles. The molecule has 4 aliphatic rings.